The molecule has 0 atom stereocenters. The normalized spacial score (nSPS) is 10.7. The Hall–Kier alpha value is -1.61. The van der Waals surface area contributed by atoms with Crippen molar-refractivity contribution in [3.05, 3.63) is 15.8 Å². The van der Waals surface area contributed by atoms with Gasteiger partial charge in [-0.15, -0.1) is 5.10 Å². The summed E-state index contributed by atoms with van der Waals surface area (Å²) >= 11 is 6.88. The third-order valence-electron chi connectivity index (χ3n) is 2.02. The highest BCUT2D eigenvalue weighted by molar-refractivity contribution is 7.99. The first-order valence-electron chi connectivity index (χ1n) is 5.43. The van der Waals surface area contributed by atoms with E-state index in [0.29, 0.717) is 16.9 Å². The van der Waals surface area contributed by atoms with Gasteiger partial charge in [0.25, 0.3) is 0 Å². The van der Waals surface area contributed by atoms with E-state index in [1.165, 1.54) is 4.57 Å². The molecule has 0 unspecified atom stereocenters. The number of rotatable bonds is 5. The van der Waals surface area contributed by atoms with Crippen LogP contribution in [0.4, 0.5) is 0 Å². The van der Waals surface area contributed by atoms with Gasteiger partial charge in [-0.1, -0.05) is 6.92 Å². The highest BCUT2D eigenvalue weighted by Gasteiger charge is 2.12. The predicted octanol–water partition coefficient (Wildman–Crippen LogP) is 0.887. The van der Waals surface area contributed by atoms with Crippen LogP contribution in [0.2, 0.25) is 5.28 Å². The molecule has 0 spiro atoms. The van der Waals surface area contributed by atoms with E-state index in [1.54, 1.807) is 7.05 Å². The van der Waals surface area contributed by atoms with E-state index in [-0.39, 0.29) is 17.0 Å². The first-order valence-corrected chi connectivity index (χ1v) is 6.63. The van der Waals surface area contributed by atoms with E-state index in [2.05, 4.69) is 25.1 Å². The molecule has 0 amide bonds. The lowest BCUT2D eigenvalue weighted by Crippen LogP contribution is -2.13. The zero-order valence-corrected chi connectivity index (χ0v) is 11.8. The van der Waals surface area contributed by atoms with Crippen LogP contribution >= 0.6 is 23.4 Å². The monoisotopic (exact) mass is 302 g/mol. The van der Waals surface area contributed by atoms with Gasteiger partial charge in [0.15, 0.2) is 5.16 Å². The molecule has 8 nitrogen and oxygen atoms in total. The molecule has 0 fully saturated rings. The summed E-state index contributed by atoms with van der Waals surface area (Å²) < 4.78 is 6.64. The van der Waals surface area contributed by atoms with E-state index in [4.69, 9.17) is 16.3 Å². The van der Waals surface area contributed by atoms with Crippen LogP contribution in [0.1, 0.15) is 13.3 Å². The fourth-order valence-corrected chi connectivity index (χ4v) is 2.06. The van der Waals surface area contributed by atoms with Crippen LogP contribution in [0.25, 0.3) is 0 Å². The average molecular weight is 303 g/mol. The minimum Gasteiger partial charge on any atom is -0.463 e. The Morgan fingerprint density at radius 2 is 2.21 bits per heavy atom. The second-order valence-electron chi connectivity index (χ2n) is 3.49. The van der Waals surface area contributed by atoms with Gasteiger partial charge in [-0.25, -0.2) is 9.89 Å². The van der Waals surface area contributed by atoms with E-state index < -0.39 is 0 Å². The smallest absolute Gasteiger partial charge is 0.343 e. The van der Waals surface area contributed by atoms with Gasteiger partial charge in [-0.2, -0.15) is 15.0 Å². The minimum atomic E-state index is -0.315. The van der Waals surface area contributed by atoms with Crippen molar-refractivity contribution in [3.8, 4) is 6.01 Å². The molecule has 0 aromatic carbocycles. The molecular formula is C9H11ClN6O2S. The van der Waals surface area contributed by atoms with Gasteiger partial charge >= 0.3 is 11.7 Å². The number of hydrogen-bond acceptors (Lipinski definition) is 7. The van der Waals surface area contributed by atoms with E-state index >= 15 is 0 Å². The third-order valence-corrected chi connectivity index (χ3v) is 3.11. The lowest BCUT2D eigenvalue weighted by atomic mass is 10.5. The molecule has 0 aliphatic heterocycles. The van der Waals surface area contributed by atoms with E-state index in [0.717, 1.165) is 18.2 Å². The average Bonchev–Trinajstić information content (AvgIpc) is 2.68. The summed E-state index contributed by atoms with van der Waals surface area (Å²) in [6, 6.07) is 0.157. The molecule has 2 rings (SSSR count). The zero-order chi connectivity index (χ0) is 13.8. The van der Waals surface area contributed by atoms with Crippen LogP contribution in [0, 0.1) is 0 Å². The van der Waals surface area contributed by atoms with Gasteiger partial charge in [0.2, 0.25) is 10.4 Å². The van der Waals surface area contributed by atoms with Crippen LogP contribution < -0.4 is 10.4 Å². The molecule has 0 bridgehead atoms. The highest BCUT2D eigenvalue weighted by atomic mass is 35.5. The first-order chi connectivity index (χ1) is 9.10. The molecule has 0 saturated carbocycles. The van der Waals surface area contributed by atoms with Crippen molar-refractivity contribution < 1.29 is 4.74 Å². The summed E-state index contributed by atoms with van der Waals surface area (Å²) in [6.45, 7) is 2.46. The lowest BCUT2D eigenvalue weighted by molar-refractivity contribution is 0.288. The Balaban J connectivity index is 2.22. The molecule has 0 radical (unpaired) electrons. The first kappa shape index (κ1) is 13.8. The van der Waals surface area contributed by atoms with E-state index in [9.17, 15) is 4.79 Å². The summed E-state index contributed by atoms with van der Waals surface area (Å²) in [5, 5.41) is 6.93. The number of aromatic amines is 1. The van der Waals surface area contributed by atoms with Crippen molar-refractivity contribution in [1.82, 2.24) is 29.7 Å². The van der Waals surface area contributed by atoms with Gasteiger partial charge < -0.3 is 4.74 Å². The maximum atomic E-state index is 11.2. The summed E-state index contributed by atoms with van der Waals surface area (Å²) in [4.78, 5) is 23.1. The molecule has 1 N–H and O–H groups in total. The maximum absolute atomic E-state index is 11.2. The topological polar surface area (TPSA) is 98.6 Å². The van der Waals surface area contributed by atoms with Gasteiger partial charge in [-0.05, 0) is 29.8 Å². The quantitative estimate of drug-likeness (QED) is 0.875. The molecule has 102 valence electrons. The molecule has 2 aromatic rings. The fraction of sp³-hybridized carbons (Fsp3) is 0.444. The van der Waals surface area contributed by atoms with Crippen molar-refractivity contribution in [1.29, 1.82) is 0 Å². The fourth-order valence-electron chi connectivity index (χ4n) is 1.12. The van der Waals surface area contributed by atoms with Crippen LogP contribution in [-0.2, 0) is 7.05 Å². The largest absolute Gasteiger partial charge is 0.463 e. The number of nitrogens with one attached hydrogen (secondary N) is 1. The molecule has 19 heavy (non-hydrogen) atoms. The zero-order valence-electron chi connectivity index (χ0n) is 10.3. The van der Waals surface area contributed by atoms with Crippen LogP contribution in [0.5, 0.6) is 6.01 Å². The van der Waals surface area contributed by atoms with Crippen LogP contribution in [-0.4, -0.2) is 36.3 Å². The number of H-pyrrole nitrogens is 1. The van der Waals surface area contributed by atoms with Crippen LogP contribution in [0.3, 0.4) is 0 Å². The third kappa shape index (κ3) is 3.44. The molecular weight excluding hydrogens is 292 g/mol. The van der Waals surface area contributed by atoms with Crippen molar-refractivity contribution in [2.45, 2.75) is 23.7 Å². The number of nitrogens with zero attached hydrogens (tertiary/aromatic N) is 5. The Morgan fingerprint density at radius 1 is 1.42 bits per heavy atom. The van der Waals surface area contributed by atoms with Crippen LogP contribution in [0.15, 0.2) is 15.1 Å². The Labute approximate surface area is 117 Å². The number of aromatic nitrogens is 6. The van der Waals surface area contributed by atoms with Gasteiger partial charge in [-0.3, -0.25) is 4.57 Å². The standard InChI is InChI=1S/C9H11ClN6O2S/c1-3-4-18-6-11-5(10)12-7(13-6)19-9-15-14-8(17)16(9)2/h3-4H2,1-2H3,(H,14,17). The SMILES string of the molecule is CCCOc1nc(Cl)nc(Sc2n[nH]c(=O)n2C)n1. The number of ether oxygens (including phenoxy) is 1. The summed E-state index contributed by atoms with van der Waals surface area (Å²) in [6.07, 6.45) is 0.833. The number of halogens is 1. The molecule has 0 aliphatic carbocycles. The Morgan fingerprint density at radius 3 is 2.84 bits per heavy atom. The van der Waals surface area contributed by atoms with Crippen molar-refractivity contribution in [3.63, 3.8) is 0 Å². The minimum absolute atomic E-state index is 0.0316. The molecule has 10 heteroatoms. The van der Waals surface area contributed by atoms with Gasteiger partial charge in [0, 0.05) is 7.05 Å². The lowest BCUT2D eigenvalue weighted by Gasteiger charge is -2.04. The van der Waals surface area contributed by atoms with Crippen molar-refractivity contribution in [2.75, 3.05) is 6.61 Å². The Kier molecular flexibility index (Phi) is 4.38. The molecule has 0 aliphatic rings. The maximum Gasteiger partial charge on any atom is 0.343 e. The van der Waals surface area contributed by atoms with E-state index in [1.807, 2.05) is 6.92 Å². The number of hydrogen-bond donors (Lipinski definition) is 1. The molecule has 0 saturated heterocycles. The summed E-state index contributed by atoms with van der Waals surface area (Å²) in [5.74, 6) is 0. The second-order valence-corrected chi connectivity index (χ2v) is 4.76. The van der Waals surface area contributed by atoms with Crippen molar-refractivity contribution >= 4 is 23.4 Å². The van der Waals surface area contributed by atoms with Gasteiger partial charge in [0.1, 0.15) is 0 Å². The summed E-state index contributed by atoms with van der Waals surface area (Å²) in [7, 11) is 1.59. The molecule has 2 heterocycles. The summed E-state index contributed by atoms with van der Waals surface area (Å²) in [5.41, 5.74) is -0.315. The predicted molar refractivity (Wildman–Crippen MR) is 68.6 cm³/mol. The highest BCUT2D eigenvalue weighted by Crippen LogP contribution is 2.23. The second kappa shape index (κ2) is 6.02. The van der Waals surface area contributed by atoms with Crippen molar-refractivity contribution in [2.24, 2.45) is 7.05 Å². The Bertz CT molecular complexity index is 627. The van der Waals surface area contributed by atoms with Gasteiger partial charge in [0.05, 0.1) is 6.61 Å². The molecule has 2 aromatic heterocycles.